The molecule has 134 valence electrons. The van der Waals surface area contributed by atoms with Gasteiger partial charge in [-0.1, -0.05) is 38.1 Å². The average Bonchev–Trinajstić information content (AvgIpc) is 2.58. The van der Waals surface area contributed by atoms with E-state index >= 15 is 0 Å². The van der Waals surface area contributed by atoms with Gasteiger partial charge in [0.05, 0.1) is 13.1 Å². The molecule has 2 unspecified atom stereocenters. The van der Waals surface area contributed by atoms with Crippen LogP contribution in [0.25, 0.3) is 0 Å². The van der Waals surface area contributed by atoms with E-state index in [1.807, 2.05) is 24.3 Å². The molecule has 2 atom stereocenters. The van der Waals surface area contributed by atoms with E-state index < -0.39 is 0 Å². The maximum atomic E-state index is 5.86. The topological polar surface area (TPSA) is 101 Å². The SMILES string of the molecule is CCC(C)NC(N)=NCc1ccc(CN=C(N)NC(C)CC)cc1. The van der Waals surface area contributed by atoms with Gasteiger partial charge in [0.25, 0.3) is 0 Å². The Kier molecular flexibility index (Phi) is 8.68. The van der Waals surface area contributed by atoms with E-state index in [9.17, 15) is 0 Å². The normalized spacial score (nSPS) is 15.0. The van der Waals surface area contributed by atoms with Crippen molar-refractivity contribution in [1.82, 2.24) is 10.6 Å². The molecule has 0 saturated heterocycles. The Hall–Kier alpha value is -2.24. The third-order valence-electron chi connectivity index (χ3n) is 3.90. The fourth-order valence-corrected chi connectivity index (χ4v) is 1.90. The summed E-state index contributed by atoms with van der Waals surface area (Å²) in [5.74, 6) is 0.976. The molecular weight excluding hydrogens is 300 g/mol. The molecule has 1 aromatic rings. The van der Waals surface area contributed by atoms with Crippen molar-refractivity contribution >= 4 is 11.9 Å². The zero-order chi connectivity index (χ0) is 17.9. The van der Waals surface area contributed by atoms with E-state index in [0.29, 0.717) is 37.1 Å². The summed E-state index contributed by atoms with van der Waals surface area (Å²) in [6.07, 6.45) is 2.03. The Bertz CT molecular complexity index is 486. The predicted octanol–water partition coefficient (Wildman–Crippen LogP) is 2.09. The number of hydrogen-bond acceptors (Lipinski definition) is 2. The van der Waals surface area contributed by atoms with Crippen LogP contribution in [0.3, 0.4) is 0 Å². The Morgan fingerprint density at radius 1 is 0.833 bits per heavy atom. The first-order chi connectivity index (χ1) is 11.4. The van der Waals surface area contributed by atoms with Crippen molar-refractivity contribution in [3.8, 4) is 0 Å². The van der Waals surface area contributed by atoms with Crippen LogP contribution in [0.15, 0.2) is 34.3 Å². The van der Waals surface area contributed by atoms with Gasteiger partial charge >= 0.3 is 0 Å². The monoisotopic (exact) mass is 332 g/mol. The van der Waals surface area contributed by atoms with Crippen molar-refractivity contribution in [2.24, 2.45) is 21.5 Å². The zero-order valence-corrected chi connectivity index (χ0v) is 15.3. The second-order valence-electron chi connectivity index (χ2n) is 6.13. The summed E-state index contributed by atoms with van der Waals surface area (Å²) >= 11 is 0. The van der Waals surface area contributed by atoms with E-state index in [1.165, 1.54) is 0 Å². The molecule has 0 fully saturated rings. The first-order valence-electron chi connectivity index (χ1n) is 8.65. The zero-order valence-electron chi connectivity index (χ0n) is 15.3. The number of hydrogen-bond donors (Lipinski definition) is 4. The Balaban J connectivity index is 2.51. The van der Waals surface area contributed by atoms with E-state index in [4.69, 9.17) is 11.5 Å². The fourth-order valence-electron chi connectivity index (χ4n) is 1.90. The van der Waals surface area contributed by atoms with E-state index in [-0.39, 0.29) is 0 Å². The van der Waals surface area contributed by atoms with Crippen LogP contribution in [0.1, 0.15) is 51.7 Å². The minimum Gasteiger partial charge on any atom is -0.370 e. The second kappa shape index (κ2) is 10.5. The molecule has 0 saturated carbocycles. The number of benzene rings is 1. The molecule has 1 aromatic carbocycles. The van der Waals surface area contributed by atoms with Gasteiger partial charge in [-0.25, -0.2) is 9.98 Å². The number of aliphatic imine (C=N–C) groups is 2. The van der Waals surface area contributed by atoms with Crippen LogP contribution in [0.5, 0.6) is 0 Å². The third kappa shape index (κ3) is 7.85. The molecule has 6 nitrogen and oxygen atoms in total. The molecule has 0 radical (unpaired) electrons. The molecule has 6 heteroatoms. The molecule has 0 aliphatic carbocycles. The molecule has 1 rings (SSSR count). The summed E-state index contributed by atoms with van der Waals surface area (Å²) in [4.78, 5) is 8.71. The molecule has 0 spiro atoms. The van der Waals surface area contributed by atoms with Gasteiger partial charge in [0.2, 0.25) is 0 Å². The lowest BCUT2D eigenvalue weighted by molar-refractivity contribution is 0.636. The lowest BCUT2D eigenvalue weighted by Crippen LogP contribution is -2.38. The van der Waals surface area contributed by atoms with Crippen molar-refractivity contribution in [2.45, 2.75) is 65.7 Å². The molecule has 6 N–H and O–H groups in total. The first-order valence-corrected chi connectivity index (χ1v) is 8.65. The number of nitrogens with zero attached hydrogens (tertiary/aromatic N) is 2. The van der Waals surface area contributed by atoms with Crippen LogP contribution in [-0.4, -0.2) is 24.0 Å². The largest absolute Gasteiger partial charge is 0.370 e. The minimum atomic E-state index is 0.337. The van der Waals surface area contributed by atoms with Gasteiger partial charge in [0.15, 0.2) is 11.9 Å². The van der Waals surface area contributed by atoms with Crippen LogP contribution in [0, 0.1) is 0 Å². The molecule has 0 aromatic heterocycles. The Labute approximate surface area is 145 Å². The summed E-state index contributed by atoms with van der Waals surface area (Å²) in [5.41, 5.74) is 13.9. The molecule has 0 heterocycles. The molecule has 0 bridgehead atoms. The minimum absolute atomic E-state index is 0.337. The van der Waals surface area contributed by atoms with Gasteiger partial charge in [0.1, 0.15) is 0 Å². The van der Waals surface area contributed by atoms with Crippen LogP contribution in [0.4, 0.5) is 0 Å². The van der Waals surface area contributed by atoms with Gasteiger partial charge in [-0.15, -0.1) is 0 Å². The lowest BCUT2D eigenvalue weighted by Gasteiger charge is -2.12. The quantitative estimate of drug-likeness (QED) is 0.432. The van der Waals surface area contributed by atoms with Crippen molar-refractivity contribution in [3.63, 3.8) is 0 Å². The van der Waals surface area contributed by atoms with Gasteiger partial charge in [0, 0.05) is 12.1 Å². The van der Waals surface area contributed by atoms with Crippen molar-refractivity contribution in [2.75, 3.05) is 0 Å². The number of rotatable bonds is 8. The summed E-state index contributed by atoms with van der Waals surface area (Å²) < 4.78 is 0. The molecule has 0 aliphatic heterocycles. The molecule has 24 heavy (non-hydrogen) atoms. The van der Waals surface area contributed by atoms with Crippen LogP contribution in [-0.2, 0) is 13.1 Å². The van der Waals surface area contributed by atoms with Gasteiger partial charge in [-0.3, -0.25) is 0 Å². The summed E-state index contributed by atoms with van der Waals surface area (Å²) in [6, 6.07) is 8.85. The van der Waals surface area contributed by atoms with Gasteiger partial charge in [-0.05, 0) is 37.8 Å². The highest BCUT2D eigenvalue weighted by molar-refractivity contribution is 5.78. The van der Waals surface area contributed by atoms with E-state index in [1.54, 1.807) is 0 Å². The highest BCUT2D eigenvalue weighted by atomic mass is 15.1. The van der Waals surface area contributed by atoms with Crippen molar-refractivity contribution in [3.05, 3.63) is 35.4 Å². The summed E-state index contributed by atoms with van der Waals surface area (Å²) in [7, 11) is 0. The summed E-state index contributed by atoms with van der Waals surface area (Å²) in [5, 5.41) is 6.31. The number of nitrogens with one attached hydrogen (secondary N) is 2. The first kappa shape index (κ1) is 19.8. The Morgan fingerprint density at radius 3 is 1.46 bits per heavy atom. The molecular formula is C18H32N6. The Morgan fingerprint density at radius 2 is 1.17 bits per heavy atom. The third-order valence-corrected chi connectivity index (χ3v) is 3.90. The summed E-state index contributed by atoms with van der Waals surface area (Å²) in [6.45, 7) is 9.51. The maximum absolute atomic E-state index is 5.86. The fraction of sp³-hybridized carbons (Fsp3) is 0.556. The smallest absolute Gasteiger partial charge is 0.189 e. The van der Waals surface area contributed by atoms with Crippen LogP contribution < -0.4 is 22.1 Å². The highest BCUT2D eigenvalue weighted by Crippen LogP contribution is 2.07. The molecule has 0 amide bonds. The van der Waals surface area contributed by atoms with E-state index in [2.05, 4.69) is 48.3 Å². The molecule has 0 aliphatic rings. The van der Waals surface area contributed by atoms with Crippen LogP contribution >= 0.6 is 0 Å². The van der Waals surface area contributed by atoms with Crippen LogP contribution in [0.2, 0.25) is 0 Å². The van der Waals surface area contributed by atoms with Gasteiger partial charge < -0.3 is 22.1 Å². The number of guanidine groups is 2. The highest BCUT2D eigenvalue weighted by Gasteiger charge is 2.01. The van der Waals surface area contributed by atoms with E-state index in [0.717, 1.165) is 24.0 Å². The van der Waals surface area contributed by atoms with Gasteiger partial charge in [-0.2, -0.15) is 0 Å². The second-order valence-corrected chi connectivity index (χ2v) is 6.13. The maximum Gasteiger partial charge on any atom is 0.189 e. The van der Waals surface area contributed by atoms with Crippen molar-refractivity contribution < 1.29 is 0 Å². The van der Waals surface area contributed by atoms with Crippen molar-refractivity contribution in [1.29, 1.82) is 0 Å². The average molecular weight is 332 g/mol. The number of nitrogens with two attached hydrogens (primary N) is 2. The lowest BCUT2D eigenvalue weighted by atomic mass is 10.1. The predicted molar refractivity (Wildman–Crippen MR) is 103 cm³/mol. The standard InChI is InChI=1S/C18H32N6/c1-5-13(3)23-17(19)21-11-15-7-9-16(10-8-15)12-22-18(20)24-14(4)6-2/h7-10,13-14H,5-6,11-12H2,1-4H3,(H3,19,21,23)(H3,20,22,24).